The van der Waals surface area contributed by atoms with Gasteiger partial charge >= 0.3 is 6.03 Å². The molecule has 2 aromatic carbocycles. The van der Waals surface area contributed by atoms with Gasteiger partial charge in [-0.2, -0.15) is 0 Å². The van der Waals surface area contributed by atoms with Crippen molar-refractivity contribution in [1.82, 2.24) is 10.6 Å². The minimum atomic E-state index is -0.224. The van der Waals surface area contributed by atoms with E-state index in [-0.39, 0.29) is 18.7 Å². The van der Waals surface area contributed by atoms with Crippen LogP contribution in [0.2, 0.25) is 0 Å². The highest BCUT2D eigenvalue weighted by molar-refractivity contribution is 5.74. The first-order valence-electron chi connectivity index (χ1n) is 7.97. The van der Waals surface area contributed by atoms with Gasteiger partial charge in [0.05, 0.1) is 13.7 Å². The Morgan fingerprint density at radius 2 is 1.92 bits per heavy atom. The molecular formula is C19H24N2O3. The van der Waals surface area contributed by atoms with Gasteiger partial charge in [-0.25, -0.2) is 4.79 Å². The fourth-order valence-corrected chi connectivity index (χ4v) is 2.54. The summed E-state index contributed by atoms with van der Waals surface area (Å²) in [5.41, 5.74) is 2.84. The SMILES string of the molecule is COc1cccc(CC(C)NC(=O)NCc2ccccc2CO)c1. The molecule has 0 aliphatic heterocycles. The second-order valence-corrected chi connectivity index (χ2v) is 5.71. The summed E-state index contributed by atoms with van der Waals surface area (Å²) >= 11 is 0. The van der Waals surface area contributed by atoms with Gasteiger partial charge in [0, 0.05) is 12.6 Å². The molecule has 0 aliphatic carbocycles. The van der Waals surface area contributed by atoms with Crippen LogP contribution < -0.4 is 15.4 Å². The summed E-state index contributed by atoms with van der Waals surface area (Å²) < 4.78 is 5.21. The summed E-state index contributed by atoms with van der Waals surface area (Å²) in [6.45, 7) is 2.31. The van der Waals surface area contributed by atoms with Crippen LogP contribution >= 0.6 is 0 Å². The third kappa shape index (κ3) is 5.28. The lowest BCUT2D eigenvalue weighted by molar-refractivity contribution is 0.237. The van der Waals surface area contributed by atoms with Crippen LogP contribution in [0.15, 0.2) is 48.5 Å². The Hall–Kier alpha value is -2.53. The summed E-state index contributed by atoms with van der Waals surface area (Å²) in [4.78, 5) is 12.0. The number of hydrogen-bond donors (Lipinski definition) is 3. The Bertz CT molecular complexity index is 673. The van der Waals surface area contributed by atoms with Crippen molar-refractivity contribution in [3.05, 3.63) is 65.2 Å². The zero-order chi connectivity index (χ0) is 17.4. The second kappa shape index (κ2) is 8.93. The normalized spacial score (nSPS) is 11.6. The van der Waals surface area contributed by atoms with Crippen LogP contribution in [0.4, 0.5) is 4.79 Å². The van der Waals surface area contributed by atoms with E-state index in [2.05, 4.69) is 10.6 Å². The Labute approximate surface area is 142 Å². The molecular weight excluding hydrogens is 304 g/mol. The number of amides is 2. The fraction of sp³-hybridized carbons (Fsp3) is 0.316. The monoisotopic (exact) mass is 328 g/mol. The van der Waals surface area contributed by atoms with Gasteiger partial charge in [-0.05, 0) is 42.2 Å². The zero-order valence-corrected chi connectivity index (χ0v) is 14.1. The maximum atomic E-state index is 12.0. The van der Waals surface area contributed by atoms with Crippen LogP contribution in [0.5, 0.6) is 5.75 Å². The van der Waals surface area contributed by atoms with Gasteiger partial charge in [0.15, 0.2) is 0 Å². The molecule has 2 rings (SSSR count). The molecule has 1 atom stereocenters. The number of rotatable bonds is 7. The summed E-state index contributed by atoms with van der Waals surface area (Å²) in [5.74, 6) is 0.810. The number of carbonyl (C=O) groups is 1. The molecule has 1 unspecified atom stereocenters. The van der Waals surface area contributed by atoms with Gasteiger partial charge in [-0.1, -0.05) is 36.4 Å². The fourth-order valence-electron chi connectivity index (χ4n) is 2.54. The molecule has 2 amide bonds. The number of aliphatic hydroxyl groups excluding tert-OH is 1. The van der Waals surface area contributed by atoms with Gasteiger partial charge in [-0.3, -0.25) is 0 Å². The van der Waals surface area contributed by atoms with Crippen LogP contribution in [0.1, 0.15) is 23.6 Å². The zero-order valence-electron chi connectivity index (χ0n) is 14.1. The topological polar surface area (TPSA) is 70.6 Å². The number of ether oxygens (including phenoxy) is 1. The van der Waals surface area contributed by atoms with Crippen LogP contribution in [-0.2, 0) is 19.6 Å². The van der Waals surface area contributed by atoms with Crippen molar-refractivity contribution >= 4 is 6.03 Å². The number of aliphatic hydroxyl groups is 1. The Morgan fingerprint density at radius 1 is 1.17 bits per heavy atom. The molecule has 0 saturated carbocycles. The van der Waals surface area contributed by atoms with E-state index < -0.39 is 0 Å². The maximum Gasteiger partial charge on any atom is 0.315 e. The van der Waals surface area contributed by atoms with Crippen molar-refractivity contribution in [3.63, 3.8) is 0 Å². The van der Waals surface area contributed by atoms with E-state index in [4.69, 9.17) is 4.74 Å². The number of urea groups is 1. The number of benzene rings is 2. The molecule has 3 N–H and O–H groups in total. The molecule has 0 aromatic heterocycles. The highest BCUT2D eigenvalue weighted by Gasteiger charge is 2.09. The van der Waals surface area contributed by atoms with E-state index in [0.29, 0.717) is 6.54 Å². The third-order valence-corrected chi connectivity index (χ3v) is 3.78. The minimum absolute atomic E-state index is 0.00908. The predicted octanol–water partition coefficient (Wildman–Crippen LogP) is 2.62. The van der Waals surface area contributed by atoms with Gasteiger partial charge in [0.25, 0.3) is 0 Å². The number of methoxy groups -OCH3 is 1. The van der Waals surface area contributed by atoms with Crippen molar-refractivity contribution in [2.75, 3.05) is 7.11 Å². The van der Waals surface area contributed by atoms with E-state index in [9.17, 15) is 9.90 Å². The molecule has 5 nitrogen and oxygen atoms in total. The quantitative estimate of drug-likeness (QED) is 0.732. The highest BCUT2D eigenvalue weighted by Crippen LogP contribution is 2.14. The lowest BCUT2D eigenvalue weighted by atomic mass is 10.1. The standard InChI is InChI=1S/C19H24N2O3/c1-14(10-15-6-5-9-18(11-15)24-2)21-19(23)20-12-16-7-3-4-8-17(16)13-22/h3-9,11,14,22H,10,12-13H2,1-2H3,(H2,20,21,23). The van der Waals surface area contributed by atoms with Crippen molar-refractivity contribution in [2.24, 2.45) is 0 Å². The predicted molar refractivity (Wildman–Crippen MR) is 93.9 cm³/mol. The summed E-state index contributed by atoms with van der Waals surface area (Å²) in [5, 5.41) is 15.0. The molecule has 0 fully saturated rings. The maximum absolute atomic E-state index is 12.0. The van der Waals surface area contributed by atoms with Crippen molar-refractivity contribution in [1.29, 1.82) is 0 Å². The smallest absolute Gasteiger partial charge is 0.315 e. The van der Waals surface area contributed by atoms with Crippen LogP contribution in [0.25, 0.3) is 0 Å². The molecule has 0 radical (unpaired) electrons. The molecule has 0 spiro atoms. The largest absolute Gasteiger partial charge is 0.497 e. The number of carbonyl (C=O) groups excluding carboxylic acids is 1. The molecule has 5 heteroatoms. The van der Waals surface area contributed by atoms with Gasteiger partial charge < -0.3 is 20.5 Å². The van der Waals surface area contributed by atoms with Crippen LogP contribution in [0.3, 0.4) is 0 Å². The first-order valence-corrected chi connectivity index (χ1v) is 7.97. The molecule has 128 valence electrons. The van der Waals surface area contributed by atoms with Crippen molar-refractivity contribution in [3.8, 4) is 5.75 Å². The number of hydrogen-bond acceptors (Lipinski definition) is 3. The van der Waals surface area contributed by atoms with Gasteiger partial charge in [0.1, 0.15) is 5.75 Å². The van der Waals surface area contributed by atoms with E-state index in [1.807, 2.05) is 55.5 Å². The average molecular weight is 328 g/mol. The molecule has 0 bridgehead atoms. The highest BCUT2D eigenvalue weighted by atomic mass is 16.5. The lowest BCUT2D eigenvalue weighted by Gasteiger charge is -2.16. The molecule has 2 aromatic rings. The first-order chi connectivity index (χ1) is 11.6. The molecule has 24 heavy (non-hydrogen) atoms. The molecule has 0 heterocycles. The summed E-state index contributed by atoms with van der Waals surface area (Å²) in [7, 11) is 1.64. The van der Waals surface area contributed by atoms with E-state index in [0.717, 1.165) is 28.9 Å². The van der Waals surface area contributed by atoms with Gasteiger partial charge in [0.2, 0.25) is 0 Å². The third-order valence-electron chi connectivity index (χ3n) is 3.78. The summed E-state index contributed by atoms with van der Waals surface area (Å²) in [6, 6.07) is 15.1. The Morgan fingerprint density at radius 3 is 2.62 bits per heavy atom. The number of nitrogens with one attached hydrogen (secondary N) is 2. The Kier molecular flexibility index (Phi) is 6.63. The lowest BCUT2D eigenvalue weighted by Crippen LogP contribution is -2.41. The van der Waals surface area contributed by atoms with Crippen LogP contribution in [0, 0.1) is 0 Å². The van der Waals surface area contributed by atoms with Crippen LogP contribution in [-0.4, -0.2) is 24.3 Å². The van der Waals surface area contributed by atoms with E-state index >= 15 is 0 Å². The Balaban J connectivity index is 1.83. The second-order valence-electron chi connectivity index (χ2n) is 5.71. The van der Waals surface area contributed by atoms with Crippen molar-refractivity contribution in [2.45, 2.75) is 32.5 Å². The van der Waals surface area contributed by atoms with E-state index in [1.54, 1.807) is 7.11 Å². The average Bonchev–Trinajstić information content (AvgIpc) is 2.60. The summed E-state index contributed by atoms with van der Waals surface area (Å²) in [6.07, 6.45) is 0.720. The molecule has 0 saturated heterocycles. The molecule has 0 aliphatic rings. The van der Waals surface area contributed by atoms with E-state index in [1.165, 1.54) is 0 Å². The minimum Gasteiger partial charge on any atom is -0.497 e. The van der Waals surface area contributed by atoms with Gasteiger partial charge in [-0.15, -0.1) is 0 Å². The van der Waals surface area contributed by atoms with Crippen molar-refractivity contribution < 1.29 is 14.6 Å². The first kappa shape index (κ1) is 17.8.